The summed E-state index contributed by atoms with van der Waals surface area (Å²) < 4.78 is 0. The SMILES string of the molecule is CC(N)CN(C)CC1C2CC3CC(C2)CC1C3. The minimum Gasteiger partial charge on any atom is -0.327 e. The molecule has 4 rings (SSSR count). The quantitative estimate of drug-likeness (QED) is 0.812. The molecule has 0 aromatic rings. The molecule has 4 fully saturated rings. The number of rotatable bonds is 4. The van der Waals surface area contributed by atoms with E-state index in [1.165, 1.54) is 6.54 Å². The van der Waals surface area contributed by atoms with E-state index in [1.807, 2.05) is 0 Å². The van der Waals surface area contributed by atoms with Gasteiger partial charge in [0.15, 0.2) is 0 Å². The van der Waals surface area contributed by atoms with Crippen molar-refractivity contribution < 1.29 is 0 Å². The lowest BCUT2D eigenvalue weighted by Gasteiger charge is -2.55. The number of nitrogens with two attached hydrogens (primary N) is 1. The van der Waals surface area contributed by atoms with Gasteiger partial charge >= 0.3 is 0 Å². The Morgan fingerprint density at radius 3 is 2.06 bits per heavy atom. The normalized spacial score (nSPS) is 45.5. The molecular weight excluding hydrogens is 208 g/mol. The molecule has 2 nitrogen and oxygen atoms in total. The Morgan fingerprint density at radius 1 is 1.06 bits per heavy atom. The van der Waals surface area contributed by atoms with Crippen LogP contribution in [0, 0.1) is 29.6 Å². The molecule has 0 spiro atoms. The van der Waals surface area contributed by atoms with E-state index in [1.54, 1.807) is 32.1 Å². The maximum atomic E-state index is 5.90. The summed E-state index contributed by atoms with van der Waals surface area (Å²) in [6.45, 7) is 4.48. The first-order chi connectivity index (χ1) is 8.11. The van der Waals surface area contributed by atoms with Gasteiger partial charge in [-0.25, -0.2) is 0 Å². The molecule has 0 aromatic carbocycles. The van der Waals surface area contributed by atoms with Crippen LogP contribution in [0.4, 0.5) is 0 Å². The highest BCUT2D eigenvalue weighted by Gasteiger charge is 2.48. The summed E-state index contributed by atoms with van der Waals surface area (Å²) in [4.78, 5) is 2.48. The molecule has 0 saturated heterocycles. The number of nitrogens with zero attached hydrogens (tertiary/aromatic N) is 1. The summed E-state index contributed by atoms with van der Waals surface area (Å²) >= 11 is 0. The highest BCUT2D eigenvalue weighted by molar-refractivity contribution is 4.98. The van der Waals surface area contributed by atoms with Crippen LogP contribution in [0.2, 0.25) is 0 Å². The Balaban J connectivity index is 1.60. The van der Waals surface area contributed by atoms with Crippen LogP contribution in [0.15, 0.2) is 0 Å². The fourth-order valence-corrected chi connectivity index (χ4v) is 5.26. The monoisotopic (exact) mass is 236 g/mol. The smallest absolute Gasteiger partial charge is 0.0139 e. The first-order valence-corrected chi connectivity index (χ1v) is 7.56. The topological polar surface area (TPSA) is 29.3 Å². The fourth-order valence-electron chi connectivity index (χ4n) is 5.26. The molecular formula is C15H28N2. The number of hydrogen-bond acceptors (Lipinski definition) is 2. The van der Waals surface area contributed by atoms with Crippen molar-refractivity contribution >= 4 is 0 Å². The van der Waals surface area contributed by atoms with E-state index in [-0.39, 0.29) is 0 Å². The van der Waals surface area contributed by atoms with E-state index >= 15 is 0 Å². The van der Waals surface area contributed by atoms with Gasteiger partial charge < -0.3 is 10.6 Å². The van der Waals surface area contributed by atoms with Crippen molar-refractivity contribution in [3.8, 4) is 0 Å². The van der Waals surface area contributed by atoms with Crippen molar-refractivity contribution in [3.05, 3.63) is 0 Å². The van der Waals surface area contributed by atoms with Crippen LogP contribution in [0.3, 0.4) is 0 Å². The predicted molar refractivity (Wildman–Crippen MR) is 71.7 cm³/mol. The fraction of sp³-hybridized carbons (Fsp3) is 1.00. The lowest BCUT2D eigenvalue weighted by molar-refractivity contribution is -0.0468. The third kappa shape index (κ3) is 2.39. The molecule has 1 unspecified atom stereocenters. The minimum atomic E-state index is 0.317. The van der Waals surface area contributed by atoms with Gasteiger partial charge in [0, 0.05) is 19.1 Å². The van der Waals surface area contributed by atoms with E-state index in [4.69, 9.17) is 5.73 Å². The van der Waals surface area contributed by atoms with Crippen molar-refractivity contribution in [2.24, 2.45) is 35.3 Å². The van der Waals surface area contributed by atoms with Gasteiger partial charge in [-0.15, -0.1) is 0 Å². The van der Waals surface area contributed by atoms with Crippen molar-refractivity contribution in [2.75, 3.05) is 20.1 Å². The molecule has 0 heterocycles. The zero-order valence-electron chi connectivity index (χ0n) is 11.4. The van der Waals surface area contributed by atoms with Gasteiger partial charge in [0.25, 0.3) is 0 Å². The van der Waals surface area contributed by atoms with Crippen LogP contribution in [-0.4, -0.2) is 31.1 Å². The average Bonchev–Trinajstić information content (AvgIpc) is 2.21. The molecule has 2 heteroatoms. The molecule has 4 saturated carbocycles. The molecule has 4 bridgehead atoms. The van der Waals surface area contributed by atoms with E-state index < -0.39 is 0 Å². The van der Waals surface area contributed by atoms with Gasteiger partial charge in [-0.05, 0) is 75.7 Å². The van der Waals surface area contributed by atoms with Gasteiger partial charge in [0.1, 0.15) is 0 Å². The van der Waals surface area contributed by atoms with Crippen LogP contribution in [-0.2, 0) is 0 Å². The summed E-state index contributed by atoms with van der Waals surface area (Å²) in [7, 11) is 2.26. The van der Waals surface area contributed by atoms with Gasteiger partial charge in [0.2, 0.25) is 0 Å². The molecule has 0 aliphatic heterocycles. The molecule has 1 atom stereocenters. The van der Waals surface area contributed by atoms with Gasteiger partial charge in [0.05, 0.1) is 0 Å². The summed E-state index contributed by atoms with van der Waals surface area (Å²) in [5.41, 5.74) is 5.90. The highest BCUT2D eigenvalue weighted by atomic mass is 15.1. The summed E-state index contributed by atoms with van der Waals surface area (Å²) in [5, 5.41) is 0. The lowest BCUT2D eigenvalue weighted by Crippen LogP contribution is -2.49. The third-order valence-corrected chi connectivity index (χ3v) is 5.54. The van der Waals surface area contributed by atoms with Crippen molar-refractivity contribution in [1.82, 2.24) is 4.90 Å². The van der Waals surface area contributed by atoms with Crippen LogP contribution in [0.5, 0.6) is 0 Å². The van der Waals surface area contributed by atoms with Gasteiger partial charge in [-0.2, -0.15) is 0 Å². The zero-order chi connectivity index (χ0) is 12.0. The highest BCUT2D eigenvalue weighted by Crippen LogP contribution is 2.56. The number of likely N-dealkylation sites (N-methyl/N-ethyl adjacent to an activating group) is 1. The van der Waals surface area contributed by atoms with Crippen LogP contribution in [0.1, 0.15) is 39.0 Å². The first kappa shape index (κ1) is 12.0. The third-order valence-electron chi connectivity index (χ3n) is 5.54. The van der Waals surface area contributed by atoms with Crippen molar-refractivity contribution in [1.29, 1.82) is 0 Å². The Hall–Kier alpha value is -0.0800. The maximum absolute atomic E-state index is 5.90. The van der Waals surface area contributed by atoms with Crippen LogP contribution in [0.25, 0.3) is 0 Å². The molecule has 0 aromatic heterocycles. The summed E-state index contributed by atoms with van der Waals surface area (Å²) in [6.07, 6.45) is 7.75. The van der Waals surface area contributed by atoms with Gasteiger partial charge in [-0.3, -0.25) is 0 Å². The Labute approximate surface area is 106 Å². The van der Waals surface area contributed by atoms with Crippen LogP contribution >= 0.6 is 0 Å². The Morgan fingerprint density at radius 2 is 1.59 bits per heavy atom. The zero-order valence-corrected chi connectivity index (χ0v) is 11.4. The van der Waals surface area contributed by atoms with E-state index in [0.717, 1.165) is 36.1 Å². The van der Waals surface area contributed by atoms with Crippen molar-refractivity contribution in [2.45, 2.75) is 45.1 Å². The standard InChI is InChI=1S/C15H28N2/c1-10(16)8-17(2)9-15-13-4-11-3-12(6-13)7-14(15)5-11/h10-15H,3-9,16H2,1-2H3. The molecule has 4 aliphatic rings. The van der Waals surface area contributed by atoms with Gasteiger partial charge in [-0.1, -0.05) is 0 Å². The molecule has 0 radical (unpaired) electrons. The molecule has 4 aliphatic carbocycles. The average molecular weight is 236 g/mol. The second-order valence-corrected chi connectivity index (χ2v) is 7.29. The lowest BCUT2D eigenvalue weighted by atomic mass is 9.52. The molecule has 98 valence electrons. The summed E-state index contributed by atoms with van der Waals surface area (Å²) in [6, 6.07) is 0.317. The molecule has 0 amide bonds. The first-order valence-electron chi connectivity index (χ1n) is 7.56. The van der Waals surface area contributed by atoms with Crippen LogP contribution < -0.4 is 5.73 Å². The molecule has 17 heavy (non-hydrogen) atoms. The Bertz CT molecular complexity index is 246. The van der Waals surface area contributed by atoms with E-state index in [0.29, 0.717) is 6.04 Å². The molecule has 2 N–H and O–H groups in total. The maximum Gasteiger partial charge on any atom is 0.0139 e. The minimum absolute atomic E-state index is 0.317. The second kappa shape index (κ2) is 4.55. The van der Waals surface area contributed by atoms with Crippen molar-refractivity contribution in [3.63, 3.8) is 0 Å². The van der Waals surface area contributed by atoms with E-state index in [9.17, 15) is 0 Å². The second-order valence-electron chi connectivity index (χ2n) is 7.29. The number of hydrogen-bond donors (Lipinski definition) is 1. The predicted octanol–water partition coefficient (Wildman–Crippen LogP) is 2.34. The Kier molecular flexibility index (Phi) is 3.20. The largest absolute Gasteiger partial charge is 0.327 e. The summed E-state index contributed by atoms with van der Waals surface area (Å²) in [5.74, 6) is 5.31. The van der Waals surface area contributed by atoms with E-state index in [2.05, 4.69) is 18.9 Å².